The van der Waals surface area contributed by atoms with Gasteiger partial charge in [0, 0.05) is 19.4 Å². The molecule has 1 nitrogen and oxygen atoms in total. The predicted molar refractivity (Wildman–Crippen MR) is 143 cm³/mol. The van der Waals surface area contributed by atoms with Crippen LogP contribution in [0.5, 0.6) is 0 Å². The Morgan fingerprint density at radius 3 is 2.15 bits per heavy atom. The molecule has 2 aromatic carbocycles. The van der Waals surface area contributed by atoms with Crippen LogP contribution in [0.4, 0.5) is 0 Å². The van der Waals surface area contributed by atoms with Crippen molar-refractivity contribution in [2.45, 2.75) is 104 Å². The summed E-state index contributed by atoms with van der Waals surface area (Å²) in [4.78, 5) is 0. The summed E-state index contributed by atoms with van der Waals surface area (Å²) in [6, 6.07) is 16.6. The Bertz CT molecular complexity index is 1200. The summed E-state index contributed by atoms with van der Waals surface area (Å²) in [6.07, 6.45) is 4.60. The van der Waals surface area contributed by atoms with E-state index in [0.717, 1.165) is 12.8 Å². The molecule has 0 spiro atoms. The normalized spacial score (nSPS) is 22.7. The van der Waals surface area contributed by atoms with Gasteiger partial charge in [0.1, 0.15) is 0 Å². The van der Waals surface area contributed by atoms with Gasteiger partial charge in [-0.3, -0.25) is 0 Å². The lowest BCUT2D eigenvalue weighted by molar-refractivity contribution is -0.764. The van der Waals surface area contributed by atoms with E-state index in [4.69, 9.17) is 0 Å². The first-order valence-corrected chi connectivity index (χ1v) is 13.1. The van der Waals surface area contributed by atoms with Crippen LogP contribution in [-0.2, 0) is 16.4 Å². The summed E-state index contributed by atoms with van der Waals surface area (Å²) in [5.41, 5.74) is 7.52. The number of nitrogens with zero attached hydrogens (tertiary/aromatic N) is 1. The maximum Gasteiger partial charge on any atom is 0.221 e. The summed E-state index contributed by atoms with van der Waals surface area (Å²) in [7, 11) is 0. The van der Waals surface area contributed by atoms with E-state index in [1.54, 1.807) is 0 Å². The topological polar surface area (TPSA) is 3.88 Å². The van der Waals surface area contributed by atoms with Crippen molar-refractivity contribution in [2.24, 2.45) is 5.92 Å². The van der Waals surface area contributed by atoms with E-state index in [0.29, 0.717) is 11.8 Å². The van der Waals surface area contributed by atoms with E-state index in [1.165, 1.54) is 38.7 Å². The Hall–Kier alpha value is -2.15. The van der Waals surface area contributed by atoms with Crippen LogP contribution >= 0.6 is 0 Å². The van der Waals surface area contributed by atoms with Gasteiger partial charge in [-0.2, -0.15) is 4.57 Å². The Kier molecular flexibility index (Phi) is 5.79. The molecule has 0 saturated heterocycles. The van der Waals surface area contributed by atoms with E-state index in [9.17, 15) is 0 Å². The Labute approximate surface area is 202 Å². The quantitative estimate of drug-likeness (QED) is 0.348. The molecule has 176 valence electrons. The summed E-state index contributed by atoms with van der Waals surface area (Å²) >= 11 is 0. The van der Waals surface area contributed by atoms with Crippen molar-refractivity contribution >= 4 is 10.8 Å². The third-order valence-corrected chi connectivity index (χ3v) is 9.77. The SMILES string of the molecule is CCC1(C)c2ccccc2-c2c3cc(C(C)(C)C(C)C)c(C(C)C)cc3cc[n+]2C1(C)CC. The molecule has 0 fully saturated rings. The predicted octanol–water partition coefficient (Wildman–Crippen LogP) is 8.66. The third-order valence-electron chi connectivity index (χ3n) is 9.77. The fraction of sp³-hybridized carbons (Fsp3) is 0.531. The average Bonchev–Trinajstić information content (AvgIpc) is 2.80. The zero-order valence-corrected chi connectivity index (χ0v) is 22.6. The molecule has 0 bridgehead atoms. The van der Waals surface area contributed by atoms with Crippen molar-refractivity contribution in [3.8, 4) is 11.3 Å². The van der Waals surface area contributed by atoms with Crippen LogP contribution in [0.2, 0.25) is 0 Å². The molecule has 1 aliphatic heterocycles. The van der Waals surface area contributed by atoms with Crippen molar-refractivity contribution in [2.75, 3.05) is 0 Å². The molecule has 1 aliphatic rings. The van der Waals surface area contributed by atoms with Gasteiger partial charge in [-0.05, 0) is 64.8 Å². The molecule has 4 rings (SSSR count). The lowest BCUT2D eigenvalue weighted by Crippen LogP contribution is -2.67. The number of hydrogen-bond donors (Lipinski definition) is 0. The molecular weight excluding hydrogens is 398 g/mol. The van der Waals surface area contributed by atoms with E-state index >= 15 is 0 Å². The molecule has 2 atom stereocenters. The van der Waals surface area contributed by atoms with Gasteiger partial charge in [-0.25, -0.2) is 0 Å². The van der Waals surface area contributed by atoms with Crippen LogP contribution in [-0.4, -0.2) is 0 Å². The molecule has 2 unspecified atom stereocenters. The van der Waals surface area contributed by atoms with Gasteiger partial charge in [-0.15, -0.1) is 0 Å². The molecule has 3 aromatic rings. The molecule has 1 heteroatoms. The van der Waals surface area contributed by atoms with Gasteiger partial charge in [0.25, 0.3) is 0 Å². The molecule has 0 aliphatic carbocycles. The smallest absolute Gasteiger partial charge is 0.192 e. The summed E-state index contributed by atoms with van der Waals surface area (Å²) in [5.74, 6) is 1.07. The highest BCUT2D eigenvalue weighted by Gasteiger charge is 2.56. The number of benzene rings is 2. The molecule has 0 saturated carbocycles. The molecular formula is C32H44N+. The summed E-state index contributed by atoms with van der Waals surface area (Å²) < 4.78 is 2.63. The maximum atomic E-state index is 2.63. The number of fused-ring (bicyclic) bond motifs is 5. The highest BCUT2D eigenvalue weighted by Crippen LogP contribution is 2.51. The lowest BCUT2D eigenvalue weighted by Gasteiger charge is -2.46. The van der Waals surface area contributed by atoms with Gasteiger partial charge in [0.15, 0.2) is 11.7 Å². The van der Waals surface area contributed by atoms with Crippen molar-refractivity contribution in [3.05, 3.63) is 65.4 Å². The Balaban J connectivity index is 2.18. The first-order valence-electron chi connectivity index (χ1n) is 13.1. The molecule has 0 amide bonds. The lowest BCUT2D eigenvalue weighted by atomic mass is 9.60. The Morgan fingerprint density at radius 1 is 0.909 bits per heavy atom. The molecule has 0 N–H and O–H groups in total. The number of hydrogen-bond acceptors (Lipinski definition) is 0. The van der Waals surface area contributed by atoms with Gasteiger partial charge >= 0.3 is 0 Å². The first-order chi connectivity index (χ1) is 15.4. The molecule has 0 radical (unpaired) electrons. The van der Waals surface area contributed by atoms with Crippen LogP contribution in [0.15, 0.2) is 48.7 Å². The molecule has 33 heavy (non-hydrogen) atoms. The van der Waals surface area contributed by atoms with E-state index < -0.39 is 0 Å². The summed E-state index contributed by atoms with van der Waals surface area (Å²) in [5, 5.41) is 2.76. The van der Waals surface area contributed by atoms with Crippen molar-refractivity contribution in [1.82, 2.24) is 0 Å². The first kappa shape index (κ1) is 24.0. The number of aromatic nitrogens is 1. The highest BCUT2D eigenvalue weighted by molar-refractivity contribution is 5.95. The second-order valence-corrected chi connectivity index (χ2v) is 12.0. The van der Waals surface area contributed by atoms with Crippen LogP contribution < -0.4 is 4.57 Å². The zero-order valence-electron chi connectivity index (χ0n) is 22.6. The van der Waals surface area contributed by atoms with E-state index in [-0.39, 0.29) is 16.4 Å². The minimum atomic E-state index is 0.0179. The standard InChI is InChI=1S/C32H44N/c1-11-31(9)27-16-14-13-15-24(27)29-26-20-28(30(7,8)22(5)6)25(21(3)4)19-23(26)17-18-33(29)32(31,10)12-2/h13-22H,11-12H2,1-10H3/q+1. The van der Waals surface area contributed by atoms with Crippen LogP contribution in [0, 0.1) is 5.92 Å². The van der Waals surface area contributed by atoms with Gasteiger partial charge in [0.2, 0.25) is 5.69 Å². The second-order valence-electron chi connectivity index (χ2n) is 12.0. The van der Waals surface area contributed by atoms with Gasteiger partial charge in [-0.1, -0.05) is 79.7 Å². The molecule has 2 heterocycles. The van der Waals surface area contributed by atoms with Crippen LogP contribution in [0.25, 0.3) is 22.0 Å². The minimum Gasteiger partial charge on any atom is -0.192 e. The minimum absolute atomic E-state index is 0.0179. The molecule has 1 aromatic heterocycles. The third kappa shape index (κ3) is 3.22. The fourth-order valence-corrected chi connectivity index (χ4v) is 6.23. The van der Waals surface area contributed by atoms with Crippen molar-refractivity contribution in [1.29, 1.82) is 0 Å². The monoisotopic (exact) mass is 442 g/mol. The van der Waals surface area contributed by atoms with Crippen LogP contribution in [0.3, 0.4) is 0 Å². The summed E-state index contributed by atoms with van der Waals surface area (Å²) in [6.45, 7) is 23.9. The maximum absolute atomic E-state index is 2.63. The van der Waals surface area contributed by atoms with Crippen molar-refractivity contribution < 1.29 is 4.57 Å². The largest absolute Gasteiger partial charge is 0.221 e. The van der Waals surface area contributed by atoms with E-state index in [2.05, 4.69) is 122 Å². The Morgan fingerprint density at radius 2 is 1.58 bits per heavy atom. The van der Waals surface area contributed by atoms with E-state index in [1.807, 2.05) is 0 Å². The fourth-order valence-electron chi connectivity index (χ4n) is 6.23. The number of rotatable bonds is 5. The second kappa shape index (κ2) is 7.97. The average molecular weight is 443 g/mol. The van der Waals surface area contributed by atoms with Gasteiger partial charge < -0.3 is 0 Å². The van der Waals surface area contributed by atoms with Crippen LogP contribution in [0.1, 0.15) is 105 Å². The van der Waals surface area contributed by atoms with Gasteiger partial charge in [0.05, 0.1) is 16.4 Å². The highest BCUT2D eigenvalue weighted by atomic mass is 15.1. The van der Waals surface area contributed by atoms with Crippen molar-refractivity contribution in [3.63, 3.8) is 0 Å². The number of pyridine rings is 1. The zero-order chi connectivity index (χ0) is 24.3.